The lowest BCUT2D eigenvalue weighted by atomic mass is 9.86. The molecule has 3 rings (SSSR count). The molecule has 1 N–H and O–H groups in total. The second kappa shape index (κ2) is 5.85. The molecule has 0 amide bonds. The van der Waals surface area contributed by atoms with Crippen molar-refractivity contribution in [2.24, 2.45) is 0 Å². The topological polar surface area (TPSA) is 24.9 Å². The van der Waals surface area contributed by atoms with Gasteiger partial charge in [0.25, 0.3) is 0 Å². The van der Waals surface area contributed by atoms with Crippen LogP contribution in [0.4, 0.5) is 0 Å². The van der Waals surface area contributed by atoms with Gasteiger partial charge in [-0.1, -0.05) is 36.2 Å². The smallest absolute Gasteiger partial charge is 0.0959 e. The molecule has 0 saturated heterocycles. The zero-order valence-corrected chi connectivity index (χ0v) is 12.2. The maximum Gasteiger partial charge on any atom is 0.0959 e. The van der Waals surface area contributed by atoms with E-state index in [1.807, 2.05) is 11.3 Å². The molecule has 1 aromatic carbocycles. The number of benzene rings is 1. The molecular formula is C16H20N2S. The third-order valence-electron chi connectivity index (χ3n) is 3.74. The Balaban J connectivity index is 1.50. The SMILES string of the molecule is Cc1cccc(CNCc2csc(C3CCC3)n2)c1. The standard InChI is InChI=1S/C16H20N2S/c1-12-4-2-5-13(8-12)9-17-10-15-11-19-16(18-15)14-6-3-7-14/h2,4-5,8,11,14,17H,3,6-7,9-10H2,1H3. The Morgan fingerprint density at radius 2 is 2.21 bits per heavy atom. The van der Waals surface area contributed by atoms with Crippen molar-refractivity contribution in [1.82, 2.24) is 10.3 Å². The summed E-state index contributed by atoms with van der Waals surface area (Å²) in [6, 6.07) is 8.65. The van der Waals surface area contributed by atoms with Crippen LogP contribution in [0.15, 0.2) is 29.6 Å². The van der Waals surface area contributed by atoms with E-state index in [1.165, 1.54) is 41.1 Å². The Labute approximate surface area is 118 Å². The van der Waals surface area contributed by atoms with Crippen molar-refractivity contribution < 1.29 is 0 Å². The zero-order valence-electron chi connectivity index (χ0n) is 11.4. The Morgan fingerprint density at radius 1 is 1.32 bits per heavy atom. The number of nitrogens with one attached hydrogen (secondary N) is 1. The third-order valence-corrected chi connectivity index (χ3v) is 4.80. The van der Waals surface area contributed by atoms with Gasteiger partial charge in [0.15, 0.2) is 0 Å². The lowest BCUT2D eigenvalue weighted by Gasteiger charge is -2.22. The molecule has 1 saturated carbocycles. The van der Waals surface area contributed by atoms with Crippen LogP contribution in [-0.2, 0) is 13.1 Å². The fourth-order valence-corrected chi connectivity index (χ4v) is 3.39. The highest BCUT2D eigenvalue weighted by Gasteiger charge is 2.22. The Morgan fingerprint density at radius 3 is 2.95 bits per heavy atom. The van der Waals surface area contributed by atoms with E-state index in [9.17, 15) is 0 Å². The molecule has 1 aromatic heterocycles. The molecule has 0 spiro atoms. The summed E-state index contributed by atoms with van der Waals surface area (Å²) in [6.07, 6.45) is 4.05. The molecule has 0 atom stereocenters. The predicted molar refractivity (Wildman–Crippen MR) is 80.4 cm³/mol. The van der Waals surface area contributed by atoms with Crippen molar-refractivity contribution in [3.05, 3.63) is 51.5 Å². The fraction of sp³-hybridized carbons (Fsp3) is 0.438. The molecule has 0 bridgehead atoms. The van der Waals surface area contributed by atoms with Crippen LogP contribution >= 0.6 is 11.3 Å². The number of aryl methyl sites for hydroxylation is 1. The summed E-state index contributed by atoms with van der Waals surface area (Å²) in [7, 11) is 0. The molecule has 19 heavy (non-hydrogen) atoms. The van der Waals surface area contributed by atoms with Crippen molar-refractivity contribution in [3.8, 4) is 0 Å². The van der Waals surface area contributed by atoms with Crippen LogP contribution in [0.25, 0.3) is 0 Å². The summed E-state index contributed by atoms with van der Waals surface area (Å²) in [5.41, 5.74) is 3.86. The van der Waals surface area contributed by atoms with E-state index in [-0.39, 0.29) is 0 Å². The second-order valence-electron chi connectivity index (χ2n) is 5.40. The Bertz CT molecular complexity index is 543. The Hall–Kier alpha value is -1.19. The first-order valence-corrected chi connectivity index (χ1v) is 7.90. The van der Waals surface area contributed by atoms with Crippen LogP contribution in [-0.4, -0.2) is 4.98 Å². The van der Waals surface area contributed by atoms with Gasteiger partial charge in [-0.3, -0.25) is 0 Å². The molecule has 1 heterocycles. The van der Waals surface area contributed by atoms with Gasteiger partial charge in [-0.2, -0.15) is 0 Å². The summed E-state index contributed by atoms with van der Waals surface area (Å²) < 4.78 is 0. The molecule has 0 unspecified atom stereocenters. The number of hydrogen-bond acceptors (Lipinski definition) is 3. The minimum atomic E-state index is 0.760. The van der Waals surface area contributed by atoms with Gasteiger partial charge in [-0.25, -0.2) is 4.98 Å². The van der Waals surface area contributed by atoms with Crippen molar-refractivity contribution in [2.45, 2.75) is 45.2 Å². The van der Waals surface area contributed by atoms with Crippen LogP contribution in [0.5, 0.6) is 0 Å². The lowest BCUT2D eigenvalue weighted by molar-refractivity contribution is 0.417. The van der Waals surface area contributed by atoms with Crippen LogP contribution in [0, 0.1) is 6.92 Å². The van der Waals surface area contributed by atoms with Crippen molar-refractivity contribution >= 4 is 11.3 Å². The molecule has 2 nitrogen and oxygen atoms in total. The van der Waals surface area contributed by atoms with Crippen LogP contribution in [0.2, 0.25) is 0 Å². The monoisotopic (exact) mass is 272 g/mol. The molecule has 2 aromatic rings. The number of thiazole rings is 1. The normalized spacial score (nSPS) is 15.4. The third kappa shape index (κ3) is 3.23. The van der Waals surface area contributed by atoms with Gasteiger partial charge >= 0.3 is 0 Å². The van der Waals surface area contributed by atoms with Crippen LogP contribution in [0.1, 0.15) is 47.0 Å². The first-order valence-electron chi connectivity index (χ1n) is 7.02. The quantitative estimate of drug-likeness (QED) is 0.889. The van der Waals surface area contributed by atoms with E-state index >= 15 is 0 Å². The number of nitrogens with zero attached hydrogens (tertiary/aromatic N) is 1. The molecule has 1 aliphatic carbocycles. The molecule has 0 aliphatic heterocycles. The van der Waals surface area contributed by atoms with Gasteiger partial charge in [0.05, 0.1) is 10.7 Å². The summed E-state index contributed by atoms with van der Waals surface area (Å²) in [5, 5.41) is 7.03. The minimum absolute atomic E-state index is 0.760. The van der Waals surface area contributed by atoms with Crippen LogP contribution < -0.4 is 5.32 Å². The highest BCUT2D eigenvalue weighted by molar-refractivity contribution is 7.09. The van der Waals surface area contributed by atoms with E-state index in [1.54, 1.807) is 0 Å². The molecule has 1 aliphatic rings. The lowest BCUT2D eigenvalue weighted by Crippen LogP contribution is -2.13. The predicted octanol–water partition coefficient (Wildman–Crippen LogP) is 4.01. The number of hydrogen-bond donors (Lipinski definition) is 1. The van der Waals surface area contributed by atoms with E-state index in [2.05, 4.69) is 41.9 Å². The fourth-order valence-electron chi connectivity index (χ4n) is 2.40. The highest BCUT2D eigenvalue weighted by Crippen LogP contribution is 2.37. The minimum Gasteiger partial charge on any atom is -0.307 e. The van der Waals surface area contributed by atoms with Crippen molar-refractivity contribution in [3.63, 3.8) is 0 Å². The molecule has 0 radical (unpaired) electrons. The molecule has 100 valence electrons. The van der Waals surface area contributed by atoms with E-state index in [0.717, 1.165) is 19.0 Å². The van der Waals surface area contributed by atoms with E-state index in [4.69, 9.17) is 4.98 Å². The summed E-state index contributed by atoms with van der Waals surface area (Å²) >= 11 is 1.83. The van der Waals surface area contributed by atoms with Gasteiger partial charge in [-0.15, -0.1) is 11.3 Å². The molecular weight excluding hydrogens is 252 g/mol. The number of aromatic nitrogens is 1. The maximum atomic E-state index is 4.74. The maximum absolute atomic E-state index is 4.74. The van der Waals surface area contributed by atoms with Crippen LogP contribution in [0.3, 0.4) is 0 Å². The molecule has 1 fully saturated rings. The summed E-state index contributed by atoms with van der Waals surface area (Å²) in [4.78, 5) is 4.74. The van der Waals surface area contributed by atoms with Gasteiger partial charge in [-0.05, 0) is 25.3 Å². The average molecular weight is 272 g/mol. The van der Waals surface area contributed by atoms with E-state index in [0.29, 0.717) is 0 Å². The van der Waals surface area contributed by atoms with Crippen molar-refractivity contribution in [2.75, 3.05) is 0 Å². The highest BCUT2D eigenvalue weighted by atomic mass is 32.1. The summed E-state index contributed by atoms with van der Waals surface area (Å²) in [6.45, 7) is 3.92. The second-order valence-corrected chi connectivity index (χ2v) is 6.29. The number of rotatable bonds is 5. The van der Waals surface area contributed by atoms with Crippen molar-refractivity contribution in [1.29, 1.82) is 0 Å². The molecule has 3 heteroatoms. The van der Waals surface area contributed by atoms with Gasteiger partial charge in [0.2, 0.25) is 0 Å². The average Bonchev–Trinajstić information content (AvgIpc) is 2.75. The largest absolute Gasteiger partial charge is 0.307 e. The van der Waals surface area contributed by atoms with Gasteiger partial charge in [0, 0.05) is 24.4 Å². The van der Waals surface area contributed by atoms with Gasteiger partial charge < -0.3 is 5.32 Å². The zero-order chi connectivity index (χ0) is 13.1. The first kappa shape index (κ1) is 12.8. The summed E-state index contributed by atoms with van der Waals surface area (Å²) in [5.74, 6) is 0.760. The Kier molecular flexibility index (Phi) is 3.95. The van der Waals surface area contributed by atoms with E-state index < -0.39 is 0 Å². The first-order chi connectivity index (χ1) is 9.31. The van der Waals surface area contributed by atoms with Gasteiger partial charge in [0.1, 0.15) is 0 Å².